The number of primary amides is 1. The molecule has 116 valence electrons. The van der Waals surface area contributed by atoms with E-state index in [2.05, 4.69) is 5.32 Å². The number of carbonyl (C=O) groups is 4. The fourth-order valence-corrected chi connectivity index (χ4v) is 2.72. The second-order valence-corrected chi connectivity index (χ2v) is 5.35. The molecule has 2 atom stereocenters. The zero-order chi connectivity index (χ0) is 16.3. The Balaban J connectivity index is 2.49. The lowest BCUT2D eigenvalue weighted by atomic mass is 9.79. The molecule has 0 bridgehead atoms. The van der Waals surface area contributed by atoms with Crippen LogP contribution in [0.25, 0.3) is 0 Å². The second-order valence-electron chi connectivity index (χ2n) is 5.35. The maximum Gasteiger partial charge on any atom is 0.243 e. The first-order chi connectivity index (χ1) is 10.4. The Morgan fingerprint density at radius 2 is 2.00 bits per heavy atom. The topological polar surface area (TPSA) is 110 Å². The zero-order valence-corrected chi connectivity index (χ0v) is 12.1. The van der Waals surface area contributed by atoms with Crippen molar-refractivity contribution in [2.24, 2.45) is 5.73 Å². The highest BCUT2D eigenvalue weighted by Crippen LogP contribution is 2.32. The van der Waals surface area contributed by atoms with Crippen LogP contribution in [0.5, 0.6) is 0 Å². The molecule has 0 radical (unpaired) electrons. The van der Waals surface area contributed by atoms with Gasteiger partial charge in [-0.05, 0) is 12.5 Å². The Bertz CT molecular complexity index is 616. The Morgan fingerprint density at radius 1 is 1.36 bits per heavy atom. The van der Waals surface area contributed by atoms with Crippen molar-refractivity contribution in [2.75, 3.05) is 13.1 Å². The lowest BCUT2D eigenvalue weighted by Crippen LogP contribution is -2.64. The van der Waals surface area contributed by atoms with Gasteiger partial charge in [-0.2, -0.15) is 0 Å². The largest absolute Gasteiger partial charge is 0.369 e. The number of nitrogens with one attached hydrogen (secondary N) is 1. The van der Waals surface area contributed by atoms with Gasteiger partial charge in [0, 0.05) is 0 Å². The fraction of sp³-hybridized carbons (Fsp3) is 0.333. The van der Waals surface area contributed by atoms with Gasteiger partial charge in [-0.25, -0.2) is 0 Å². The van der Waals surface area contributed by atoms with Gasteiger partial charge < -0.3 is 20.7 Å². The summed E-state index contributed by atoms with van der Waals surface area (Å²) in [6.07, 6.45) is 0.506. The van der Waals surface area contributed by atoms with E-state index in [-0.39, 0.29) is 19.0 Å². The van der Waals surface area contributed by atoms with Gasteiger partial charge in [0.25, 0.3) is 0 Å². The molecular formula is C15H17N3O4. The van der Waals surface area contributed by atoms with Crippen LogP contribution in [0.1, 0.15) is 18.4 Å². The third-order valence-electron chi connectivity index (χ3n) is 3.86. The van der Waals surface area contributed by atoms with Crippen LogP contribution in [-0.4, -0.2) is 47.5 Å². The Morgan fingerprint density at radius 3 is 2.55 bits per heavy atom. The van der Waals surface area contributed by atoms with Crippen molar-refractivity contribution in [1.29, 1.82) is 0 Å². The number of amides is 3. The third-order valence-corrected chi connectivity index (χ3v) is 3.86. The molecule has 0 aromatic heterocycles. The van der Waals surface area contributed by atoms with Crippen molar-refractivity contribution in [1.82, 2.24) is 10.2 Å². The van der Waals surface area contributed by atoms with Gasteiger partial charge in [-0.15, -0.1) is 0 Å². The molecular weight excluding hydrogens is 286 g/mol. The predicted molar refractivity (Wildman–Crippen MR) is 77.6 cm³/mol. The number of hydrogen-bond donors (Lipinski definition) is 2. The first-order valence-corrected chi connectivity index (χ1v) is 6.78. The van der Waals surface area contributed by atoms with Crippen molar-refractivity contribution in [3.63, 3.8) is 0 Å². The average Bonchev–Trinajstić information content (AvgIpc) is 2.50. The van der Waals surface area contributed by atoms with Crippen LogP contribution in [0.2, 0.25) is 0 Å². The minimum atomic E-state index is -1.53. The highest BCUT2D eigenvalue weighted by Gasteiger charge is 2.47. The third kappa shape index (κ3) is 2.69. The van der Waals surface area contributed by atoms with Crippen LogP contribution in [-0.2, 0) is 19.2 Å². The van der Waals surface area contributed by atoms with Crippen LogP contribution >= 0.6 is 0 Å². The molecule has 7 heteroatoms. The number of benzene rings is 1. The van der Waals surface area contributed by atoms with Crippen LogP contribution in [0.15, 0.2) is 30.3 Å². The summed E-state index contributed by atoms with van der Waals surface area (Å²) >= 11 is 0. The number of nitrogens with two attached hydrogens (primary N) is 1. The van der Waals surface area contributed by atoms with Gasteiger partial charge in [0.05, 0.1) is 12.5 Å². The highest BCUT2D eigenvalue weighted by atomic mass is 16.2. The number of piperazine rings is 1. The van der Waals surface area contributed by atoms with Gasteiger partial charge in [0.2, 0.25) is 17.7 Å². The van der Waals surface area contributed by atoms with Gasteiger partial charge >= 0.3 is 0 Å². The quantitative estimate of drug-likeness (QED) is 0.692. The van der Waals surface area contributed by atoms with Gasteiger partial charge in [-0.3, -0.25) is 14.4 Å². The van der Waals surface area contributed by atoms with E-state index < -0.39 is 23.3 Å². The first kappa shape index (κ1) is 15.7. The second kappa shape index (κ2) is 5.97. The molecule has 1 fully saturated rings. The number of nitrogens with zero attached hydrogens (tertiary/aromatic N) is 1. The number of rotatable bonds is 5. The summed E-state index contributed by atoms with van der Waals surface area (Å²) in [5.41, 5.74) is 4.47. The van der Waals surface area contributed by atoms with Crippen LogP contribution < -0.4 is 11.1 Å². The van der Waals surface area contributed by atoms with Gasteiger partial charge in [0.15, 0.2) is 0 Å². The van der Waals surface area contributed by atoms with Crippen LogP contribution in [0.3, 0.4) is 0 Å². The summed E-state index contributed by atoms with van der Waals surface area (Å²) in [5, 5.41) is 2.40. The van der Waals surface area contributed by atoms with Crippen molar-refractivity contribution in [3.8, 4) is 0 Å². The minimum Gasteiger partial charge on any atom is -0.369 e. The fourth-order valence-electron chi connectivity index (χ4n) is 2.72. The van der Waals surface area contributed by atoms with Crippen molar-refractivity contribution in [3.05, 3.63) is 35.9 Å². The first-order valence-electron chi connectivity index (χ1n) is 6.78. The molecule has 2 rings (SSSR count). The standard InChI is InChI=1S/C15H17N3O4/c1-15(9-19,18-8-11(20)17-7-12(18)21)13(14(16)22)10-5-3-2-4-6-10/h2-6,9,13H,7-8H2,1H3,(H2,16,22)(H,17,20). The molecule has 1 aliphatic heterocycles. The van der Waals surface area contributed by atoms with E-state index in [1.54, 1.807) is 30.3 Å². The van der Waals surface area contributed by atoms with Crippen molar-refractivity contribution >= 4 is 24.0 Å². The Labute approximate surface area is 127 Å². The van der Waals surface area contributed by atoms with Gasteiger partial charge in [-0.1, -0.05) is 30.3 Å². The normalized spacial score (nSPS) is 19.0. The van der Waals surface area contributed by atoms with E-state index in [1.165, 1.54) is 6.92 Å². The molecule has 1 heterocycles. The van der Waals surface area contributed by atoms with E-state index >= 15 is 0 Å². The maximum absolute atomic E-state index is 12.1. The van der Waals surface area contributed by atoms with E-state index in [9.17, 15) is 19.2 Å². The van der Waals surface area contributed by atoms with E-state index in [1.807, 2.05) is 0 Å². The van der Waals surface area contributed by atoms with Crippen molar-refractivity contribution < 1.29 is 19.2 Å². The Hall–Kier alpha value is -2.70. The van der Waals surface area contributed by atoms with E-state index in [4.69, 9.17) is 5.73 Å². The monoisotopic (exact) mass is 303 g/mol. The number of aldehydes is 1. The molecule has 3 amide bonds. The smallest absolute Gasteiger partial charge is 0.243 e. The molecule has 1 aliphatic rings. The molecule has 3 N–H and O–H groups in total. The summed E-state index contributed by atoms with van der Waals surface area (Å²) in [5.74, 6) is -2.60. The molecule has 7 nitrogen and oxygen atoms in total. The summed E-state index contributed by atoms with van der Waals surface area (Å²) in [4.78, 5) is 48.5. The van der Waals surface area contributed by atoms with Crippen LogP contribution in [0.4, 0.5) is 0 Å². The van der Waals surface area contributed by atoms with Crippen LogP contribution in [0, 0.1) is 0 Å². The SMILES string of the molecule is CC(C=O)(C(C(N)=O)c1ccccc1)N1CC(=O)NCC1=O. The van der Waals surface area contributed by atoms with Gasteiger partial charge in [0.1, 0.15) is 18.4 Å². The number of hydrogen-bond acceptors (Lipinski definition) is 4. The number of carbonyl (C=O) groups excluding carboxylic acids is 4. The predicted octanol–water partition coefficient (Wildman–Crippen LogP) is -0.829. The Kier molecular flexibility index (Phi) is 4.25. The zero-order valence-electron chi connectivity index (χ0n) is 12.1. The molecule has 1 aromatic carbocycles. The lowest BCUT2D eigenvalue weighted by molar-refractivity contribution is -0.151. The molecule has 22 heavy (non-hydrogen) atoms. The summed E-state index contributed by atoms with van der Waals surface area (Å²) < 4.78 is 0. The summed E-state index contributed by atoms with van der Waals surface area (Å²) in [6.45, 7) is 0.951. The van der Waals surface area contributed by atoms with E-state index in [0.29, 0.717) is 11.8 Å². The van der Waals surface area contributed by atoms with Crippen molar-refractivity contribution in [2.45, 2.75) is 18.4 Å². The molecule has 2 unspecified atom stereocenters. The maximum atomic E-state index is 12.1. The molecule has 1 aromatic rings. The summed E-state index contributed by atoms with van der Waals surface area (Å²) in [7, 11) is 0. The molecule has 0 spiro atoms. The highest BCUT2D eigenvalue weighted by molar-refractivity contribution is 5.97. The average molecular weight is 303 g/mol. The molecule has 0 saturated carbocycles. The van der Waals surface area contributed by atoms with E-state index in [0.717, 1.165) is 4.90 Å². The molecule has 1 saturated heterocycles. The lowest BCUT2D eigenvalue weighted by Gasteiger charge is -2.42. The molecule has 0 aliphatic carbocycles. The summed E-state index contributed by atoms with van der Waals surface area (Å²) in [6, 6.07) is 8.50. The minimum absolute atomic E-state index is 0.206.